The van der Waals surface area contributed by atoms with Crippen LogP contribution in [0.3, 0.4) is 0 Å². The second kappa shape index (κ2) is 4.38. The molecule has 0 fully saturated rings. The molecule has 0 aliphatic rings. The Hall–Kier alpha value is -2.81. The zero-order valence-corrected chi connectivity index (χ0v) is 10.7. The highest BCUT2D eigenvalue weighted by Crippen LogP contribution is 2.32. The minimum atomic E-state index is 0.942. The van der Waals surface area contributed by atoms with Crippen LogP contribution >= 0.6 is 0 Å². The van der Waals surface area contributed by atoms with Crippen LogP contribution in [-0.4, -0.2) is 15.0 Å². The molecule has 3 heteroatoms. The van der Waals surface area contributed by atoms with Crippen LogP contribution in [0.5, 0.6) is 0 Å². The van der Waals surface area contributed by atoms with E-state index in [1.165, 1.54) is 0 Å². The van der Waals surface area contributed by atoms with E-state index in [0.717, 1.165) is 32.9 Å². The maximum absolute atomic E-state index is 4.52. The first kappa shape index (κ1) is 11.1. The van der Waals surface area contributed by atoms with E-state index in [4.69, 9.17) is 0 Å². The highest BCUT2D eigenvalue weighted by molar-refractivity contribution is 6.09. The zero-order chi connectivity index (χ0) is 13.4. The largest absolute Gasteiger partial charge is 0.265 e. The maximum atomic E-state index is 4.52. The van der Waals surface area contributed by atoms with Crippen molar-refractivity contribution in [2.24, 2.45) is 0 Å². The van der Waals surface area contributed by atoms with Crippen molar-refractivity contribution < 1.29 is 0 Å². The average Bonchev–Trinajstić information content (AvgIpc) is 2.55. The maximum Gasteiger partial charge on any atom is 0.0970 e. The summed E-state index contributed by atoms with van der Waals surface area (Å²) in [6, 6.07) is 14.3. The van der Waals surface area contributed by atoms with Gasteiger partial charge >= 0.3 is 0 Å². The molecule has 0 atom stereocenters. The molecule has 0 aliphatic carbocycles. The van der Waals surface area contributed by atoms with E-state index in [1.54, 1.807) is 0 Å². The first-order chi connectivity index (χ1) is 9.93. The molecule has 3 nitrogen and oxygen atoms in total. The molecular formula is C17H11N3. The van der Waals surface area contributed by atoms with Crippen LogP contribution in [-0.2, 0) is 0 Å². The zero-order valence-electron chi connectivity index (χ0n) is 10.7. The van der Waals surface area contributed by atoms with Gasteiger partial charge in [-0.3, -0.25) is 15.0 Å². The fourth-order valence-corrected chi connectivity index (χ4v) is 2.55. The highest BCUT2D eigenvalue weighted by atomic mass is 14.7. The first-order valence-corrected chi connectivity index (χ1v) is 6.46. The fourth-order valence-electron chi connectivity index (χ4n) is 2.55. The van der Waals surface area contributed by atoms with Crippen molar-refractivity contribution in [2.45, 2.75) is 0 Å². The van der Waals surface area contributed by atoms with E-state index in [0.29, 0.717) is 0 Å². The Labute approximate surface area is 116 Å². The summed E-state index contributed by atoms with van der Waals surface area (Å²) in [5, 5.41) is 2.22. The normalized spacial score (nSPS) is 11.0. The third kappa shape index (κ3) is 1.64. The third-order valence-corrected chi connectivity index (χ3v) is 3.45. The van der Waals surface area contributed by atoms with E-state index in [1.807, 2.05) is 49.1 Å². The van der Waals surface area contributed by atoms with E-state index >= 15 is 0 Å². The number of rotatable bonds is 1. The lowest BCUT2D eigenvalue weighted by Gasteiger charge is -2.09. The molecule has 20 heavy (non-hydrogen) atoms. The predicted molar refractivity (Wildman–Crippen MR) is 80.3 cm³/mol. The third-order valence-electron chi connectivity index (χ3n) is 3.45. The number of hydrogen-bond donors (Lipinski definition) is 0. The molecule has 0 N–H and O–H groups in total. The first-order valence-electron chi connectivity index (χ1n) is 6.46. The number of nitrogens with zero attached hydrogens (tertiary/aromatic N) is 3. The Morgan fingerprint density at radius 1 is 0.700 bits per heavy atom. The molecule has 0 spiro atoms. The minimum absolute atomic E-state index is 0.942. The number of fused-ring (bicyclic) bond motifs is 3. The van der Waals surface area contributed by atoms with Crippen LogP contribution in [0.4, 0.5) is 0 Å². The smallest absolute Gasteiger partial charge is 0.0970 e. The summed E-state index contributed by atoms with van der Waals surface area (Å²) in [6.07, 6.45) is 7.24. The minimum Gasteiger partial charge on any atom is -0.265 e. The number of hydrogen-bond acceptors (Lipinski definition) is 3. The Kier molecular flexibility index (Phi) is 2.42. The van der Waals surface area contributed by atoms with Crippen molar-refractivity contribution in [3.8, 4) is 11.1 Å². The number of aromatic nitrogens is 3. The molecule has 1 aromatic carbocycles. The summed E-state index contributed by atoms with van der Waals surface area (Å²) < 4.78 is 0. The molecule has 0 unspecified atom stereocenters. The predicted octanol–water partition coefficient (Wildman–Crippen LogP) is 3.85. The SMILES string of the molecule is c1cnc2c(c1)cc(-c1ccncc1)c1cccnc12. The summed E-state index contributed by atoms with van der Waals surface area (Å²) in [5.41, 5.74) is 4.19. The fraction of sp³-hybridized carbons (Fsp3) is 0. The van der Waals surface area contributed by atoms with Gasteiger partial charge in [0.25, 0.3) is 0 Å². The monoisotopic (exact) mass is 257 g/mol. The van der Waals surface area contributed by atoms with Crippen molar-refractivity contribution in [1.82, 2.24) is 15.0 Å². The molecule has 0 amide bonds. The lowest BCUT2D eigenvalue weighted by Crippen LogP contribution is -1.88. The van der Waals surface area contributed by atoms with E-state index in [2.05, 4.69) is 33.2 Å². The van der Waals surface area contributed by atoms with Gasteiger partial charge in [0.1, 0.15) is 0 Å². The molecule has 4 rings (SSSR count). The van der Waals surface area contributed by atoms with Gasteiger partial charge in [0.05, 0.1) is 11.0 Å². The molecule has 3 aromatic heterocycles. The standard InChI is InChI=1S/C17H11N3/c1-3-13-11-15(12-5-9-18-10-6-12)14-4-2-8-20-17(14)16(13)19-7-1/h1-11H. The van der Waals surface area contributed by atoms with Gasteiger partial charge in [0.15, 0.2) is 0 Å². The average molecular weight is 257 g/mol. The lowest BCUT2D eigenvalue weighted by molar-refractivity contribution is 1.33. The van der Waals surface area contributed by atoms with Gasteiger partial charge in [-0.15, -0.1) is 0 Å². The second-order valence-electron chi connectivity index (χ2n) is 4.63. The van der Waals surface area contributed by atoms with Gasteiger partial charge in [0.2, 0.25) is 0 Å². The summed E-state index contributed by atoms with van der Waals surface area (Å²) in [4.78, 5) is 13.1. The molecule has 0 saturated heterocycles. The van der Waals surface area contributed by atoms with Crippen LogP contribution in [0, 0.1) is 0 Å². The quantitative estimate of drug-likeness (QED) is 0.486. The van der Waals surface area contributed by atoms with Gasteiger partial charge in [-0.05, 0) is 41.5 Å². The number of pyridine rings is 3. The number of benzene rings is 1. The van der Waals surface area contributed by atoms with Crippen LogP contribution in [0.15, 0.2) is 67.3 Å². The topological polar surface area (TPSA) is 38.7 Å². The Morgan fingerprint density at radius 2 is 1.45 bits per heavy atom. The summed E-state index contributed by atoms with van der Waals surface area (Å²) >= 11 is 0. The van der Waals surface area contributed by atoms with Crippen LogP contribution in [0.25, 0.3) is 32.9 Å². The summed E-state index contributed by atoms with van der Waals surface area (Å²) in [6.45, 7) is 0. The van der Waals surface area contributed by atoms with Crippen LogP contribution < -0.4 is 0 Å². The molecular weight excluding hydrogens is 246 g/mol. The van der Waals surface area contributed by atoms with Gasteiger partial charge in [-0.25, -0.2) is 0 Å². The van der Waals surface area contributed by atoms with Gasteiger partial charge in [-0.1, -0.05) is 12.1 Å². The molecule has 0 aliphatic heterocycles. The van der Waals surface area contributed by atoms with E-state index in [-0.39, 0.29) is 0 Å². The Morgan fingerprint density at radius 3 is 2.30 bits per heavy atom. The molecule has 94 valence electrons. The summed E-state index contributed by atoms with van der Waals surface area (Å²) in [7, 11) is 0. The van der Waals surface area contributed by atoms with E-state index < -0.39 is 0 Å². The van der Waals surface area contributed by atoms with E-state index in [9.17, 15) is 0 Å². The molecule has 0 bridgehead atoms. The van der Waals surface area contributed by atoms with Crippen molar-refractivity contribution in [1.29, 1.82) is 0 Å². The van der Waals surface area contributed by atoms with Crippen molar-refractivity contribution in [3.63, 3.8) is 0 Å². The lowest BCUT2D eigenvalue weighted by atomic mass is 9.99. The molecule has 4 aromatic rings. The van der Waals surface area contributed by atoms with Gasteiger partial charge in [0, 0.05) is 35.6 Å². The molecule has 0 radical (unpaired) electrons. The Bertz CT molecular complexity index is 901. The molecule has 0 saturated carbocycles. The molecule has 3 heterocycles. The van der Waals surface area contributed by atoms with Gasteiger partial charge in [-0.2, -0.15) is 0 Å². The van der Waals surface area contributed by atoms with Crippen LogP contribution in [0.1, 0.15) is 0 Å². The van der Waals surface area contributed by atoms with Crippen LogP contribution in [0.2, 0.25) is 0 Å². The highest BCUT2D eigenvalue weighted by Gasteiger charge is 2.09. The summed E-state index contributed by atoms with van der Waals surface area (Å²) in [5.74, 6) is 0. The second-order valence-corrected chi connectivity index (χ2v) is 4.63. The van der Waals surface area contributed by atoms with Crippen molar-refractivity contribution >= 4 is 21.8 Å². The van der Waals surface area contributed by atoms with Crippen molar-refractivity contribution in [3.05, 3.63) is 67.3 Å². The van der Waals surface area contributed by atoms with Gasteiger partial charge < -0.3 is 0 Å². The Balaban J connectivity index is 2.19. The van der Waals surface area contributed by atoms with Crippen molar-refractivity contribution in [2.75, 3.05) is 0 Å².